The standard InChI is InChI=1S/C16H23N3O3/c1-11(2)17-15(20)14-8-5-9-19(14)16(21)18-12-6-4-7-13(10-12)22-3/h4,6-7,10-11,14H,5,8-9H2,1-3H3,(H,17,20)(H,18,21)/t14-/m1/s1. The van der Waals surface area contributed by atoms with Gasteiger partial charge in [-0.2, -0.15) is 0 Å². The van der Waals surface area contributed by atoms with Gasteiger partial charge in [0.1, 0.15) is 11.8 Å². The minimum atomic E-state index is -0.395. The van der Waals surface area contributed by atoms with E-state index < -0.39 is 6.04 Å². The van der Waals surface area contributed by atoms with Crippen LogP contribution in [0.15, 0.2) is 24.3 Å². The van der Waals surface area contributed by atoms with Gasteiger partial charge < -0.3 is 20.3 Å². The van der Waals surface area contributed by atoms with Gasteiger partial charge >= 0.3 is 6.03 Å². The van der Waals surface area contributed by atoms with Crippen molar-refractivity contribution in [2.75, 3.05) is 19.0 Å². The molecule has 1 heterocycles. The molecular formula is C16H23N3O3. The van der Waals surface area contributed by atoms with E-state index >= 15 is 0 Å². The molecule has 2 N–H and O–H groups in total. The largest absolute Gasteiger partial charge is 0.497 e. The zero-order chi connectivity index (χ0) is 16.1. The molecule has 1 aromatic rings. The topological polar surface area (TPSA) is 70.7 Å². The summed E-state index contributed by atoms with van der Waals surface area (Å²) >= 11 is 0. The maximum atomic E-state index is 12.4. The van der Waals surface area contributed by atoms with Crippen molar-refractivity contribution >= 4 is 17.6 Å². The van der Waals surface area contributed by atoms with Crippen molar-refractivity contribution in [2.24, 2.45) is 0 Å². The van der Waals surface area contributed by atoms with Gasteiger partial charge in [0.25, 0.3) is 0 Å². The minimum absolute atomic E-state index is 0.0661. The molecule has 1 aliphatic heterocycles. The first kappa shape index (κ1) is 16.1. The number of nitrogens with zero attached hydrogens (tertiary/aromatic N) is 1. The number of hydrogen-bond donors (Lipinski definition) is 2. The van der Waals surface area contributed by atoms with Gasteiger partial charge in [-0.1, -0.05) is 6.07 Å². The Labute approximate surface area is 130 Å². The van der Waals surface area contributed by atoms with Crippen LogP contribution < -0.4 is 15.4 Å². The summed E-state index contributed by atoms with van der Waals surface area (Å²) < 4.78 is 5.14. The van der Waals surface area contributed by atoms with Crippen LogP contribution in [0.25, 0.3) is 0 Å². The predicted molar refractivity (Wildman–Crippen MR) is 85.0 cm³/mol. The summed E-state index contributed by atoms with van der Waals surface area (Å²) in [5.74, 6) is 0.585. The van der Waals surface area contributed by atoms with Crippen molar-refractivity contribution in [1.82, 2.24) is 10.2 Å². The number of urea groups is 1. The van der Waals surface area contributed by atoms with Crippen LogP contribution in [-0.2, 0) is 4.79 Å². The Hall–Kier alpha value is -2.24. The molecule has 0 spiro atoms. The molecule has 0 bridgehead atoms. The fraction of sp³-hybridized carbons (Fsp3) is 0.500. The SMILES string of the molecule is COc1cccc(NC(=O)N2CCC[C@@H]2C(=O)NC(C)C)c1. The third-order valence-electron chi connectivity index (χ3n) is 3.57. The van der Waals surface area contributed by atoms with Crippen LogP contribution in [0.3, 0.4) is 0 Å². The molecule has 3 amide bonds. The molecule has 6 nitrogen and oxygen atoms in total. The van der Waals surface area contributed by atoms with Gasteiger partial charge in [-0.15, -0.1) is 0 Å². The van der Waals surface area contributed by atoms with Gasteiger partial charge in [0.2, 0.25) is 5.91 Å². The summed E-state index contributed by atoms with van der Waals surface area (Å²) in [6.45, 7) is 4.41. The Morgan fingerprint density at radius 3 is 2.82 bits per heavy atom. The first-order chi connectivity index (χ1) is 10.5. The van der Waals surface area contributed by atoms with Crippen LogP contribution in [0.2, 0.25) is 0 Å². The number of amides is 3. The van der Waals surface area contributed by atoms with Crippen LogP contribution in [0.4, 0.5) is 10.5 Å². The second-order valence-corrected chi connectivity index (χ2v) is 5.68. The molecule has 1 atom stereocenters. The number of rotatable bonds is 4. The minimum Gasteiger partial charge on any atom is -0.497 e. The molecule has 1 aromatic carbocycles. The van der Waals surface area contributed by atoms with Crippen LogP contribution in [0.1, 0.15) is 26.7 Å². The Kier molecular flexibility index (Phi) is 5.25. The molecule has 120 valence electrons. The number of likely N-dealkylation sites (tertiary alicyclic amines) is 1. The third-order valence-corrected chi connectivity index (χ3v) is 3.57. The van der Waals surface area contributed by atoms with Crippen molar-refractivity contribution in [1.29, 1.82) is 0 Å². The van der Waals surface area contributed by atoms with E-state index in [0.717, 1.165) is 6.42 Å². The molecule has 2 rings (SSSR count). The lowest BCUT2D eigenvalue weighted by atomic mass is 10.2. The molecule has 1 saturated heterocycles. The van der Waals surface area contributed by atoms with Crippen molar-refractivity contribution < 1.29 is 14.3 Å². The molecule has 6 heteroatoms. The van der Waals surface area contributed by atoms with E-state index in [2.05, 4.69) is 10.6 Å². The Bertz CT molecular complexity index is 545. The average Bonchev–Trinajstić information content (AvgIpc) is 2.96. The van der Waals surface area contributed by atoms with Gasteiger partial charge in [-0.05, 0) is 38.8 Å². The van der Waals surface area contributed by atoms with Crippen LogP contribution in [-0.4, -0.2) is 42.6 Å². The van der Waals surface area contributed by atoms with E-state index in [1.165, 1.54) is 0 Å². The molecule has 0 aromatic heterocycles. The van der Waals surface area contributed by atoms with Crippen molar-refractivity contribution in [2.45, 2.75) is 38.8 Å². The first-order valence-corrected chi connectivity index (χ1v) is 7.53. The number of nitrogens with one attached hydrogen (secondary N) is 2. The van der Waals surface area contributed by atoms with E-state index in [-0.39, 0.29) is 18.0 Å². The van der Waals surface area contributed by atoms with Crippen molar-refractivity contribution in [3.05, 3.63) is 24.3 Å². The highest BCUT2D eigenvalue weighted by atomic mass is 16.5. The van der Waals surface area contributed by atoms with E-state index in [1.807, 2.05) is 19.9 Å². The van der Waals surface area contributed by atoms with E-state index in [4.69, 9.17) is 4.74 Å². The zero-order valence-electron chi connectivity index (χ0n) is 13.3. The number of carbonyl (C=O) groups is 2. The van der Waals surface area contributed by atoms with E-state index in [1.54, 1.807) is 30.2 Å². The van der Waals surface area contributed by atoms with Gasteiger partial charge in [0, 0.05) is 24.3 Å². The number of hydrogen-bond acceptors (Lipinski definition) is 3. The number of anilines is 1. The van der Waals surface area contributed by atoms with Crippen molar-refractivity contribution in [3.8, 4) is 5.75 Å². The molecule has 1 fully saturated rings. The summed E-state index contributed by atoms with van der Waals surface area (Å²) in [7, 11) is 1.58. The molecule has 0 saturated carbocycles. The Morgan fingerprint density at radius 2 is 2.14 bits per heavy atom. The quantitative estimate of drug-likeness (QED) is 0.896. The zero-order valence-corrected chi connectivity index (χ0v) is 13.3. The number of benzene rings is 1. The fourth-order valence-electron chi connectivity index (χ4n) is 2.56. The highest BCUT2D eigenvalue weighted by Gasteiger charge is 2.34. The molecule has 0 unspecified atom stereocenters. The van der Waals surface area contributed by atoms with Gasteiger partial charge in [-0.25, -0.2) is 4.79 Å². The van der Waals surface area contributed by atoms with Gasteiger partial charge in [0.05, 0.1) is 7.11 Å². The second kappa shape index (κ2) is 7.15. The summed E-state index contributed by atoms with van der Waals surface area (Å²) in [5, 5.41) is 5.69. The highest BCUT2D eigenvalue weighted by Crippen LogP contribution is 2.21. The smallest absolute Gasteiger partial charge is 0.322 e. The van der Waals surface area contributed by atoms with Gasteiger partial charge in [0.15, 0.2) is 0 Å². The van der Waals surface area contributed by atoms with Crippen LogP contribution in [0, 0.1) is 0 Å². The lowest BCUT2D eigenvalue weighted by Crippen LogP contribution is -2.48. The number of carbonyl (C=O) groups excluding carboxylic acids is 2. The fourth-order valence-corrected chi connectivity index (χ4v) is 2.56. The normalized spacial score (nSPS) is 17.5. The summed E-state index contributed by atoms with van der Waals surface area (Å²) in [4.78, 5) is 26.2. The van der Waals surface area contributed by atoms with Crippen molar-refractivity contribution in [3.63, 3.8) is 0 Å². The molecule has 22 heavy (non-hydrogen) atoms. The van der Waals surface area contributed by atoms with E-state index in [0.29, 0.717) is 24.4 Å². The molecule has 1 aliphatic rings. The predicted octanol–water partition coefficient (Wildman–Crippen LogP) is 2.22. The lowest BCUT2D eigenvalue weighted by molar-refractivity contribution is -0.125. The number of methoxy groups -OCH3 is 1. The Balaban J connectivity index is 2.02. The average molecular weight is 305 g/mol. The highest BCUT2D eigenvalue weighted by molar-refractivity contribution is 5.94. The molecule has 0 radical (unpaired) electrons. The summed E-state index contributed by atoms with van der Waals surface area (Å²) in [5.41, 5.74) is 0.652. The second-order valence-electron chi connectivity index (χ2n) is 5.68. The maximum Gasteiger partial charge on any atom is 0.322 e. The van der Waals surface area contributed by atoms with Gasteiger partial charge in [-0.3, -0.25) is 4.79 Å². The lowest BCUT2D eigenvalue weighted by Gasteiger charge is -2.25. The summed E-state index contributed by atoms with van der Waals surface area (Å²) in [6, 6.07) is 6.57. The maximum absolute atomic E-state index is 12.4. The number of ether oxygens (including phenoxy) is 1. The van der Waals surface area contributed by atoms with Crippen LogP contribution in [0.5, 0.6) is 5.75 Å². The monoisotopic (exact) mass is 305 g/mol. The Morgan fingerprint density at radius 1 is 1.36 bits per heavy atom. The molecular weight excluding hydrogens is 282 g/mol. The third kappa shape index (κ3) is 3.90. The summed E-state index contributed by atoms with van der Waals surface area (Å²) in [6.07, 6.45) is 1.53. The van der Waals surface area contributed by atoms with E-state index in [9.17, 15) is 9.59 Å². The molecule has 0 aliphatic carbocycles. The van der Waals surface area contributed by atoms with Crippen LogP contribution >= 0.6 is 0 Å². The first-order valence-electron chi connectivity index (χ1n) is 7.53.